The second-order valence-electron chi connectivity index (χ2n) is 4.98. The van der Waals surface area contributed by atoms with E-state index in [9.17, 15) is 9.18 Å². The van der Waals surface area contributed by atoms with Gasteiger partial charge in [0.15, 0.2) is 12.1 Å². The van der Waals surface area contributed by atoms with E-state index >= 15 is 0 Å². The van der Waals surface area contributed by atoms with Crippen LogP contribution in [-0.2, 0) is 20.7 Å². The molecule has 1 aliphatic rings. The minimum atomic E-state index is -0.456. The number of hydrogen-bond acceptors (Lipinski definition) is 3. The number of ether oxygens (including phenoxy) is 2. The fourth-order valence-electron chi connectivity index (χ4n) is 2.15. The van der Waals surface area contributed by atoms with E-state index in [-0.39, 0.29) is 30.7 Å². The van der Waals surface area contributed by atoms with Gasteiger partial charge in [0.2, 0.25) is 0 Å². The molecule has 1 saturated heterocycles. The maximum atomic E-state index is 13.7. The fourth-order valence-corrected chi connectivity index (χ4v) is 2.37. The van der Waals surface area contributed by atoms with E-state index in [0.717, 1.165) is 24.8 Å². The van der Waals surface area contributed by atoms with Gasteiger partial charge in [-0.15, -0.1) is 0 Å². The summed E-state index contributed by atoms with van der Waals surface area (Å²) >= 11 is 6.03. The highest BCUT2D eigenvalue weighted by Crippen LogP contribution is 2.24. The lowest BCUT2D eigenvalue weighted by molar-refractivity contribution is -0.168. The molecule has 20 heavy (non-hydrogen) atoms. The molecule has 5 heteroatoms. The molecule has 0 aromatic heterocycles. The normalized spacial score (nSPS) is 19.1. The van der Waals surface area contributed by atoms with E-state index in [1.165, 1.54) is 6.07 Å². The SMILES string of the molecule is Cc1ccc(F)c(CC(=O)COC2CCCCO2)c1Cl. The van der Waals surface area contributed by atoms with Crippen molar-refractivity contribution in [2.24, 2.45) is 0 Å². The van der Waals surface area contributed by atoms with Gasteiger partial charge in [-0.3, -0.25) is 4.79 Å². The van der Waals surface area contributed by atoms with Crippen molar-refractivity contribution in [3.8, 4) is 0 Å². The van der Waals surface area contributed by atoms with Gasteiger partial charge in [0.25, 0.3) is 0 Å². The molecule has 0 bridgehead atoms. The summed E-state index contributed by atoms with van der Waals surface area (Å²) in [4.78, 5) is 11.9. The van der Waals surface area contributed by atoms with Crippen LogP contribution in [0.25, 0.3) is 0 Å². The average molecular weight is 301 g/mol. The van der Waals surface area contributed by atoms with Gasteiger partial charge in [-0.1, -0.05) is 17.7 Å². The van der Waals surface area contributed by atoms with Gasteiger partial charge in [0.1, 0.15) is 12.4 Å². The molecule has 1 fully saturated rings. The predicted octanol–water partition coefficient (Wildman–Crippen LogP) is 3.44. The molecule has 0 aliphatic carbocycles. The van der Waals surface area contributed by atoms with Crippen molar-refractivity contribution in [2.75, 3.05) is 13.2 Å². The van der Waals surface area contributed by atoms with Gasteiger partial charge < -0.3 is 9.47 Å². The van der Waals surface area contributed by atoms with Crippen LogP contribution in [0, 0.1) is 12.7 Å². The number of halogens is 2. The van der Waals surface area contributed by atoms with Crippen molar-refractivity contribution < 1.29 is 18.7 Å². The molecule has 0 amide bonds. The second kappa shape index (κ2) is 7.16. The molecular weight excluding hydrogens is 283 g/mol. The molecule has 0 saturated carbocycles. The zero-order chi connectivity index (χ0) is 14.5. The monoisotopic (exact) mass is 300 g/mol. The number of Topliss-reactive ketones (excluding diaryl/α,β-unsaturated/α-hetero) is 1. The van der Waals surface area contributed by atoms with Crippen LogP contribution in [0.2, 0.25) is 5.02 Å². The Bertz CT molecular complexity index is 484. The van der Waals surface area contributed by atoms with Crippen LogP contribution in [0.3, 0.4) is 0 Å². The van der Waals surface area contributed by atoms with Crippen molar-refractivity contribution in [2.45, 2.75) is 38.9 Å². The van der Waals surface area contributed by atoms with E-state index in [4.69, 9.17) is 21.1 Å². The van der Waals surface area contributed by atoms with E-state index in [2.05, 4.69) is 0 Å². The Morgan fingerprint density at radius 2 is 2.30 bits per heavy atom. The first-order valence-corrected chi connectivity index (χ1v) is 7.14. The lowest BCUT2D eigenvalue weighted by Gasteiger charge is -2.22. The van der Waals surface area contributed by atoms with Crippen LogP contribution in [-0.4, -0.2) is 25.3 Å². The van der Waals surface area contributed by atoms with Gasteiger partial charge >= 0.3 is 0 Å². The summed E-state index contributed by atoms with van der Waals surface area (Å²) in [6.45, 7) is 2.37. The van der Waals surface area contributed by atoms with Crippen molar-refractivity contribution >= 4 is 17.4 Å². The summed E-state index contributed by atoms with van der Waals surface area (Å²) in [5.74, 6) is -0.659. The largest absolute Gasteiger partial charge is 0.353 e. The van der Waals surface area contributed by atoms with Crippen LogP contribution >= 0.6 is 11.6 Å². The number of rotatable bonds is 5. The number of carbonyl (C=O) groups is 1. The molecule has 1 atom stereocenters. The summed E-state index contributed by atoms with van der Waals surface area (Å²) in [7, 11) is 0. The van der Waals surface area contributed by atoms with Gasteiger partial charge in [0.05, 0.1) is 5.02 Å². The number of hydrogen-bond donors (Lipinski definition) is 0. The first-order valence-electron chi connectivity index (χ1n) is 6.76. The summed E-state index contributed by atoms with van der Waals surface area (Å²) in [6, 6.07) is 2.92. The first kappa shape index (κ1) is 15.4. The number of carbonyl (C=O) groups excluding carboxylic acids is 1. The Balaban J connectivity index is 1.89. The molecule has 0 N–H and O–H groups in total. The average Bonchev–Trinajstić information content (AvgIpc) is 2.46. The third kappa shape index (κ3) is 4.01. The lowest BCUT2D eigenvalue weighted by atomic mass is 10.1. The highest BCUT2D eigenvalue weighted by atomic mass is 35.5. The third-order valence-electron chi connectivity index (χ3n) is 3.32. The number of aryl methyl sites for hydroxylation is 1. The summed E-state index contributed by atoms with van der Waals surface area (Å²) in [5, 5.41) is 0.312. The number of benzene rings is 1. The highest BCUT2D eigenvalue weighted by molar-refractivity contribution is 6.32. The standard InChI is InChI=1S/C15H18ClFO3/c1-10-5-6-13(17)12(15(10)16)8-11(18)9-20-14-4-2-3-7-19-14/h5-6,14H,2-4,7-9H2,1H3. The van der Waals surface area contributed by atoms with Crippen molar-refractivity contribution in [3.05, 3.63) is 34.1 Å². The van der Waals surface area contributed by atoms with Crippen LogP contribution in [0.4, 0.5) is 4.39 Å². The smallest absolute Gasteiger partial charge is 0.163 e. The lowest BCUT2D eigenvalue weighted by Crippen LogP contribution is -2.25. The fraction of sp³-hybridized carbons (Fsp3) is 0.533. The minimum Gasteiger partial charge on any atom is -0.353 e. The van der Waals surface area contributed by atoms with Gasteiger partial charge in [-0.2, -0.15) is 0 Å². The molecule has 0 radical (unpaired) electrons. The van der Waals surface area contributed by atoms with Gasteiger partial charge in [0, 0.05) is 18.6 Å². The molecule has 3 nitrogen and oxygen atoms in total. The van der Waals surface area contributed by atoms with Crippen LogP contribution in [0.15, 0.2) is 12.1 Å². The molecule has 1 aromatic carbocycles. The molecule has 110 valence electrons. The molecule has 1 unspecified atom stereocenters. The minimum absolute atomic E-state index is 0.0565. The zero-order valence-corrected chi connectivity index (χ0v) is 12.2. The van der Waals surface area contributed by atoms with Crippen LogP contribution in [0.1, 0.15) is 30.4 Å². The zero-order valence-electron chi connectivity index (χ0n) is 11.5. The van der Waals surface area contributed by atoms with E-state index in [1.807, 2.05) is 0 Å². The molecule has 0 spiro atoms. The maximum absolute atomic E-state index is 13.7. The number of ketones is 1. The van der Waals surface area contributed by atoms with Crippen molar-refractivity contribution in [1.82, 2.24) is 0 Å². The van der Waals surface area contributed by atoms with Gasteiger partial charge in [-0.25, -0.2) is 4.39 Å². The maximum Gasteiger partial charge on any atom is 0.163 e. The van der Waals surface area contributed by atoms with E-state index in [1.54, 1.807) is 13.0 Å². The Hall–Kier alpha value is -0.970. The van der Waals surface area contributed by atoms with Crippen LogP contribution in [0.5, 0.6) is 0 Å². The second-order valence-corrected chi connectivity index (χ2v) is 5.36. The molecular formula is C15H18ClFO3. The highest BCUT2D eigenvalue weighted by Gasteiger charge is 2.18. The molecule has 1 heterocycles. The third-order valence-corrected chi connectivity index (χ3v) is 3.85. The summed E-state index contributed by atoms with van der Waals surface area (Å²) in [6.07, 6.45) is 2.49. The Morgan fingerprint density at radius 3 is 3.00 bits per heavy atom. The molecule has 1 aliphatic heterocycles. The van der Waals surface area contributed by atoms with Crippen molar-refractivity contribution in [3.63, 3.8) is 0 Å². The predicted molar refractivity (Wildman–Crippen MR) is 74.4 cm³/mol. The quantitative estimate of drug-likeness (QED) is 0.835. The topological polar surface area (TPSA) is 35.5 Å². The Morgan fingerprint density at radius 1 is 1.50 bits per heavy atom. The molecule has 2 rings (SSSR count). The van der Waals surface area contributed by atoms with E-state index in [0.29, 0.717) is 11.6 Å². The Labute approximate surface area is 123 Å². The summed E-state index contributed by atoms with van der Waals surface area (Å²) in [5.41, 5.74) is 0.997. The van der Waals surface area contributed by atoms with Gasteiger partial charge in [-0.05, 0) is 37.8 Å². The van der Waals surface area contributed by atoms with Crippen LogP contribution < -0.4 is 0 Å². The Kier molecular flexibility index (Phi) is 5.52. The van der Waals surface area contributed by atoms with E-state index < -0.39 is 5.82 Å². The summed E-state index contributed by atoms with van der Waals surface area (Å²) < 4.78 is 24.4. The van der Waals surface area contributed by atoms with Crippen molar-refractivity contribution in [1.29, 1.82) is 0 Å². The molecule has 1 aromatic rings. The first-order chi connectivity index (χ1) is 9.58.